The molecule has 0 aliphatic carbocycles. The van der Waals surface area contributed by atoms with Crippen molar-refractivity contribution in [3.63, 3.8) is 0 Å². The van der Waals surface area contributed by atoms with Gasteiger partial charge < -0.3 is 10.1 Å². The van der Waals surface area contributed by atoms with Gasteiger partial charge in [-0.1, -0.05) is 23.7 Å². The first-order valence-electron chi connectivity index (χ1n) is 6.99. The number of halogens is 1. The summed E-state index contributed by atoms with van der Waals surface area (Å²) < 4.78 is 32.0. The molecule has 6 nitrogen and oxygen atoms in total. The summed E-state index contributed by atoms with van der Waals surface area (Å²) in [5.41, 5.74) is 0.368. The molecule has 0 atom stereocenters. The number of hydrogen-bond acceptors (Lipinski definition) is 5. The molecule has 0 saturated carbocycles. The number of pyridine rings is 1. The van der Waals surface area contributed by atoms with Crippen LogP contribution < -0.4 is 10.0 Å². The maximum absolute atomic E-state index is 12.3. The fourth-order valence-electron chi connectivity index (χ4n) is 1.86. The maximum Gasteiger partial charge on any atom is 0.263 e. The molecule has 1 aromatic heterocycles. The second-order valence-corrected chi connectivity index (χ2v) is 6.80. The Morgan fingerprint density at radius 3 is 2.65 bits per heavy atom. The van der Waals surface area contributed by atoms with Crippen molar-refractivity contribution in [1.29, 1.82) is 0 Å². The predicted molar refractivity (Wildman–Crippen MR) is 91.5 cm³/mol. The summed E-state index contributed by atoms with van der Waals surface area (Å²) in [5, 5.41) is 3.29. The van der Waals surface area contributed by atoms with Gasteiger partial charge in [0.1, 0.15) is 10.7 Å². The predicted octanol–water partition coefficient (Wildman–Crippen LogP) is 2.98. The van der Waals surface area contributed by atoms with Gasteiger partial charge in [-0.15, -0.1) is 0 Å². The Hall–Kier alpha value is -1.83. The molecule has 124 valence electrons. The van der Waals surface area contributed by atoms with Gasteiger partial charge in [-0.05, 0) is 30.7 Å². The molecular formula is C15H18ClN3O3S. The van der Waals surface area contributed by atoms with Crippen LogP contribution in [0.5, 0.6) is 0 Å². The van der Waals surface area contributed by atoms with E-state index in [2.05, 4.69) is 15.0 Å². The molecule has 1 aromatic carbocycles. The van der Waals surface area contributed by atoms with E-state index in [1.807, 2.05) is 0 Å². The molecule has 0 radical (unpaired) electrons. The molecule has 2 rings (SSSR count). The Balaban J connectivity index is 2.02. The van der Waals surface area contributed by atoms with Gasteiger partial charge in [-0.3, -0.25) is 4.72 Å². The minimum atomic E-state index is -3.74. The third-order valence-electron chi connectivity index (χ3n) is 2.97. The van der Waals surface area contributed by atoms with Gasteiger partial charge in [-0.2, -0.15) is 0 Å². The lowest BCUT2D eigenvalue weighted by Gasteiger charge is -2.10. The zero-order valence-electron chi connectivity index (χ0n) is 12.6. The van der Waals surface area contributed by atoms with Gasteiger partial charge in [0.25, 0.3) is 10.0 Å². The van der Waals surface area contributed by atoms with Gasteiger partial charge >= 0.3 is 0 Å². The van der Waals surface area contributed by atoms with Crippen molar-refractivity contribution in [2.24, 2.45) is 0 Å². The Morgan fingerprint density at radius 2 is 2.00 bits per heavy atom. The van der Waals surface area contributed by atoms with Crippen LogP contribution in [0.3, 0.4) is 0 Å². The first-order chi connectivity index (χ1) is 11.0. The Bertz CT molecular complexity index is 736. The largest absolute Gasteiger partial charge is 0.385 e. The number of anilines is 2. The van der Waals surface area contributed by atoms with Gasteiger partial charge in [0.15, 0.2) is 0 Å². The highest BCUT2D eigenvalue weighted by Gasteiger charge is 2.17. The number of benzene rings is 1. The maximum atomic E-state index is 12.3. The average Bonchev–Trinajstić information content (AvgIpc) is 2.53. The van der Waals surface area contributed by atoms with Gasteiger partial charge in [0.05, 0.1) is 16.9 Å². The van der Waals surface area contributed by atoms with Crippen LogP contribution in [0.1, 0.15) is 6.42 Å². The molecule has 0 bridgehead atoms. The molecule has 23 heavy (non-hydrogen) atoms. The number of ether oxygens (including phenoxy) is 1. The number of rotatable bonds is 8. The molecule has 0 amide bonds. The highest BCUT2D eigenvalue weighted by atomic mass is 35.5. The summed E-state index contributed by atoms with van der Waals surface area (Å²) in [6.07, 6.45) is 2.31. The van der Waals surface area contributed by atoms with Crippen LogP contribution in [-0.4, -0.2) is 33.7 Å². The van der Waals surface area contributed by atoms with Crippen molar-refractivity contribution in [3.8, 4) is 0 Å². The average molecular weight is 356 g/mol. The van der Waals surface area contributed by atoms with Crippen LogP contribution in [0.25, 0.3) is 0 Å². The standard InChI is InChI=1S/C15H18ClN3O3S/c1-22-10-4-9-17-15-8-7-12(11-18-15)19-23(20,21)14-6-3-2-5-13(14)16/h2-3,5-8,11,19H,4,9-10H2,1H3,(H,17,18). The van der Waals surface area contributed by atoms with Crippen molar-refractivity contribution in [3.05, 3.63) is 47.6 Å². The van der Waals surface area contributed by atoms with E-state index < -0.39 is 10.0 Å². The zero-order valence-corrected chi connectivity index (χ0v) is 14.2. The fourth-order valence-corrected chi connectivity index (χ4v) is 3.43. The summed E-state index contributed by atoms with van der Waals surface area (Å²) in [6, 6.07) is 9.61. The van der Waals surface area contributed by atoms with Crippen LogP contribution in [0.4, 0.5) is 11.5 Å². The Morgan fingerprint density at radius 1 is 1.22 bits per heavy atom. The van der Waals surface area contributed by atoms with Crippen molar-refractivity contribution in [1.82, 2.24) is 4.98 Å². The highest BCUT2D eigenvalue weighted by molar-refractivity contribution is 7.92. The van der Waals surface area contributed by atoms with Crippen LogP contribution in [-0.2, 0) is 14.8 Å². The first kappa shape index (κ1) is 17.5. The van der Waals surface area contributed by atoms with Crippen LogP contribution >= 0.6 is 11.6 Å². The molecule has 1 heterocycles. The fraction of sp³-hybridized carbons (Fsp3) is 0.267. The number of sulfonamides is 1. The van der Waals surface area contributed by atoms with Crippen molar-refractivity contribution >= 4 is 33.1 Å². The molecule has 8 heteroatoms. The van der Waals surface area contributed by atoms with E-state index in [1.165, 1.54) is 18.3 Å². The third-order valence-corrected chi connectivity index (χ3v) is 4.85. The summed E-state index contributed by atoms with van der Waals surface area (Å²) in [7, 11) is -2.09. The van der Waals surface area contributed by atoms with Crippen LogP contribution in [0, 0.1) is 0 Å². The topological polar surface area (TPSA) is 80.3 Å². The second kappa shape index (κ2) is 8.14. The number of nitrogens with zero attached hydrogens (tertiary/aromatic N) is 1. The lowest BCUT2D eigenvalue weighted by molar-refractivity contribution is 0.198. The van der Waals surface area contributed by atoms with E-state index >= 15 is 0 Å². The lowest BCUT2D eigenvalue weighted by atomic mass is 10.4. The molecule has 0 unspecified atom stereocenters. The molecule has 0 aliphatic heterocycles. The van der Waals surface area contributed by atoms with E-state index in [9.17, 15) is 8.42 Å². The normalized spacial score (nSPS) is 11.2. The minimum absolute atomic E-state index is 0.0310. The summed E-state index contributed by atoms with van der Waals surface area (Å²) in [5.74, 6) is 0.668. The molecule has 0 aliphatic rings. The van der Waals surface area contributed by atoms with E-state index in [1.54, 1.807) is 31.4 Å². The molecule has 2 aromatic rings. The van der Waals surface area contributed by atoms with E-state index in [4.69, 9.17) is 16.3 Å². The van der Waals surface area contributed by atoms with Gasteiger partial charge in [-0.25, -0.2) is 13.4 Å². The molecule has 2 N–H and O–H groups in total. The monoisotopic (exact) mass is 355 g/mol. The lowest BCUT2D eigenvalue weighted by Crippen LogP contribution is -2.13. The van der Waals surface area contributed by atoms with E-state index in [0.717, 1.165) is 13.0 Å². The molecular weight excluding hydrogens is 338 g/mol. The minimum Gasteiger partial charge on any atom is -0.385 e. The third kappa shape index (κ3) is 5.09. The zero-order chi connectivity index (χ0) is 16.7. The summed E-state index contributed by atoms with van der Waals surface area (Å²) >= 11 is 5.93. The number of hydrogen-bond donors (Lipinski definition) is 2. The Labute approximate surface area is 140 Å². The summed E-state index contributed by atoms with van der Waals surface area (Å²) in [4.78, 5) is 4.20. The van der Waals surface area contributed by atoms with Gasteiger partial charge in [0, 0.05) is 20.3 Å². The molecule has 0 saturated heterocycles. The van der Waals surface area contributed by atoms with Crippen LogP contribution in [0.15, 0.2) is 47.5 Å². The molecule has 0 fully saturated rings. The van der Waals surface area contributed by atoms with E-state index in [0.29, 0.717) is 18.1 Å². The van der Waals surface area contributed by atoms with E-state index in [-0.39, 0.29) is 9.92 Å². The quantitative estimate of drug-likeness (QED) is 0.711. The van der Waals surface area contributed by atoms with Crippen molar-refractivity contribution < 1.29 is 13.2 Å². The molecule has 0 spiro atoms. The second-order valence-electron chi connectivity index (χ2n) is 4.74. The number of nitrogens with one attached hydrogen (secondary N) is 2. The van der Waals surface area contributed by atoms with Crippen molar-refractivity contribution in [2.75, 3.05) is 30.3 Å². The van der Waals surface area contributed by atoms with Crippen molar-refractivity contribution in [2.45, 2.75) is 11.3 Å². The van der Waals surface area contributed by atoms with Crippen LogP contribution in [0.2, 0.25) is 5.02 Å². The Kier molecular flexibility index (Phi) is 6.20. The number of methoxy groups -OCH3 is 1. The van der Waals surface area contributed by atoms with Gasteiger partial charge in [0.2, 0.25) is 0 Å². The summed E-state index contributed by atoms with van der Waals surface area (Å²) in [6.45, 7) is 1.40. The SMILES string of the molecule is COCCCNc1ccc(NS(=O)(=O)c2ccccc2Cl)cn1. The number of aromatic nitrogens is 1. The highest BCUT2D eigenvalue weighted by Crippen LogP contribution is 2.23. The smallest absolute Gasteiger partial charge is 0.263 e. The first-order valence-corrected chi connectivity index (χ1v) is 8.85.